The highest BCUT2D eigenvalue weighted by Crippen LogP contribution is 2.28. The van der Waals surface area contributed by atoms with Gasteiger partial charge in [0, 0.05) is 6.20 Å². The first-order valence-corrected chi connectivity index (χ1v) is 6.42. The van der Waals surface area contributed by atoms with E-state index in [9.17, 15) is 0 Å². The Labute approximate surface area is 117 Å². The lowest BCUT2D eigenvalue weighted by Gasteiger charge is -2.18. The summed E-state index contributed by atoms with van der Waals surface area (Å²) in [4.78, 5) is 4.33. The van der Waals surface area contributed by atoms with E-state index in [1.54, 1.807) is 12.3 Å². The Morgan fingerprint density at radius 1 is 1.22 bits per heavy atom. The SMILES string of the molecule is CNC(c1cccc(C)c1)c1ncc(Cl)cc1Cl. The van der Waals surface area contributed by atoms with Crippen molar-refractivity contribution in [2.24, 2.45) is 0 Å². The Bertz CT molecular complexity index is 555. The summed E-state index contributed by atoms with van der Waals surface area (Å²) in [7, 11) is 1.89. The second kappa shape index (κ2) is 5.70. The molecule has 0 bridgehead atoms. The molecule has 1 unspecified atom stereocenters. The number of rotatable bonds is 3. The Morgan fingerprint density at radius 3 is 2.61 bits per heavy atom. The number of aromatic nitrogens is 1. The van der Waals surface area contributed by atoms with E-state index in [1.807, 2.05) is 13.1 Å². The van der Waals surface area contributed by atoms with E-state index >= 15 is 0 Å². The highest BCUT2D eigenvalue weighted by Gasteiger charge is 2.17. The van der Waals surface area contributed by atoms with Crippen LogP contribution in [0.1, 0.15) is 22.9 Å². The van der Waals surface area contributed by atoms with Gasteiger partial charge in [0.25, 0.3) is 0 Å². The normalized spacial score (nSPS) is 12.4. The van der Waals surface area contributed by atoms with Gasteiger partial charge < -0.3 is 5.32 Å². The molecule has 1 aromatic carbocycles. The molecule has 0 fully saturated rings. The van der Waals surface area contributed by atoms with Crippen molar-refractivity contribution >= 4 is 23.2 Å². The quantitative estimate of drug-likeness (QED) is 0.919. The van der Waals surface area contributed by atoms with Crippen molar-refractivity contribution in [1.29, 1.82) is 0 Å². The maximum absolute atomic E-state index is 6.21. The molecular formula is C14H14Cl2N2. The van der Waals surface area contributed by atoms with Crippen LogP contribution >= 0.6 is 23.2 Å². The Hall–Kier alpha value is -1.09. The zero-order valence-corrected chi connectivity index (χ0v) is 11.8. The maximum atomic E-state index is 6.21. The zero-order valence-electron chi connectivity index (χ0n) is 10.2. The minimum Gasteiger partial charge on any atom is -0.308 e. The van der Waals surface area contributed by atoms with Gasteiger partial charge in [0.05, 0.1) is 21.8 Å². The highest BCUT2D eigenvalue weighted by atomic mass is 35.5. The first kappa shape index (κ1) is 13.3. The minimum atomic E-state index is -0.0327. The smallest absolute Gasteiger partial charge is 0.0805 e. The second-order valence-corrected chi connectivity index (χ2v) is 5.00. The van der Waals surface area contributed by atoms with Crippen LogP contribution in [0.4, 0.5) is 0 Å². The van der Waals surface area contributed by atoms with Crippen molar-refractivity contribution in [3.63, 3.8) is 0 Å². The number of aryl methyl sites for hydroxylation is 1. The van der Waals surface area contributed by atoms with Gasteiger partial charge in [-0.3, -0.25) is 4.98 Å². The molecule has 2 rings (SSSR count). The first-order chi connectivity index (χ1) is 8.61. The third-order valence-corrected chi connectivity index (χ3v) is 3.28. The van der Waals surface area contributed by atoms with E-state index in [1.165, 1.54) is 5.56 Å². The largest absolute Gasteiger partial charge is 0.308 e. The summed E-state index contributed by atoms with van der Waals surface area (Å²) in [6.07, 6.45) is 1.61. The fourth-order valence-electron chi connectivity index (χ4n) is 1.95. The molecule has 1 aromatic heterocycles. The molecule has 0 saturated carbocycles. The molecule has 0 saturated heterocycles. The van der Waals surface area contributed by atoms with Gasteiger partial charge in [0.15, 0.2) is 0 Å². The number of hydrogen-bond donors (Lipinski definition) is 1. The van der Waals surface area contributed by atoms with Gasteiger partial charge in [-0.15, -0.1) is 0 Å². The summed E-state index contributed by atoms with van der Waals surface area (Å²) in [5, 5.41) is 4.35. The van der Waals surface area contributed by atoms with E-state index in [0.717, 1.165) is 11.3 Å². The molecule has 1 heterocycles. The molecule has 2 aromatic rings. The molecule has 94 valence electrons. The fourth-order valence-corrected chi connectivity index (χ4v) is 2.44. The van der Waals surface area contributed by atoms with E-state index < -0.39 is 0 Å². The lowest BCUT2D eigenvalue weighted by molar-refractivity contribution is 0.671. The van der Waals surface area contributed by atoms with Crippen molar-refractivity contribution in [3.05, 3.63) is 63.4 Å². The molecule has 0 aliphatic rings. The van der Waals surface area contributed by atoms with Crippen LogP contribution in [0.5, 0.6) is 0 Å². The van der Waals surface area contributed by atoms with Gasteiger partial charge in [-0.2, -0.15) is 0 Å². The van der Waals surface area contributed by atoms with Crippen molar-refractivity contribution in [2.45, 2.75) is 13.0 Å². The Kier molecular flexibility index (Phi) is 4.23. The fraction of sp³-hybridized carbons (Fsp3) is 0.214. The number of nitrogens with zero attached hydrogens (tertiary/aromatic N) is 1. The summed E-state index contributed by atoms with van der Waals surface area (Å²) in [6.45, 7) is 2.06. The van der Waals surface area contributed by atoms with Gasteiger partial charge in [-0.05, 0) is 25.6 Å². The standard InChI is InChI=1S/C14H14Cl2N2/c1-9-4-3-5-10(6-9)13(17-2)14-12(16)7-11(15)8-18-14/h3-8,13,17H,1-2H3. The van der Waals surface area contributed by atoms with Gasteiger partial charge in [-0.25, -0.2) is 0 Å². The van der Waals surface area contributed by atoms with E-state index in [4.69, 9.17) is 23.2 Å². The van der Waals surface area contributed by atoms with Crippen LogP contribution in [0.15, 0.2) is 36.5 Å². The number of halogens is 2. The summed E-state index contributed by atoms with van der Waals surface area (Å²) in [5.74, 6) is 0. The summed E-state index contributed by atoms with van der Waals surface area (Å²) >= 11 is 12.1. The average Bonchev–Trinajstić information content (AvgIpc) is 2.33. The minimum absolute atomic E-state index is 0.0327. The molecule has 0 radical (unpaired) electrons. The molecule has 0 amide bonds. The van der Waals surface area contributed by atoms with E-state index in [-0.39, 0.29) is 6.04 Å². The lowest BCUT2D eigenvalue weighted by atomic mass is 10.0. The van der Waals surface area contributed by atoms with E-state index in [2.05, 4.69) is 35.4 Å². The van der Waals surface area contributed by atoms with Crippen LogP contribution < -0.4 is 5.32 Å². The maximum Gasteiger partial charge on any atom is 0.0805 e. The van der Waals surface area contributed by atoms with Crippen LogP contribution in [0.2, 0.25) is 10.0 Å². The second-order valence-electron chi connectivity index (χ2n) is 4.16. The van der Waals surface area contributed by atoms with Crippen molar-refractivity contribution in [1.82, 2.24) is 10.3 Å². The topological polar surface area (TPSA) is 24.9 Å². The van der Waals surface area contributed by atoms with E-state index in [0.29, 0.717) is 10.0 Å². The average molecular weight is 281 g/mol. The molecule has 4 heteroatoms. The summed E-state index contributed by atoms with van der Waals surface area (Å²) < 4.78 is 0. The molecule has 18 heavy (non-hydrogen) atoms. The van der Waals surface area contributed by atoms with Crippen LogP contribution in [0.25, 0.3) is 0 Å². The Morgan fingerprint density at radius 2 is 2.00 bits per heavy atom. The van der Waals surface area contributed by atoms with Crippen molar-refractivity contribution in [2.75, 3.05) is 7.05 Å². The monoisotopic (exact) mass is 280 g/mol. The Balaban J connectivity index is 2.45. The number of hydrogen-bond acceptors (Lipinski definition) is 2. The van der Waals surface area contributed by atoms with Crippen LogP contribution in [0, 0.1) is 6.92 Å². The van der Waals surface area contributed by atoms with Gasteiger partial charge in [-0.1, -0.05) is 53.0 Å². The molecule has 0 aliphatic heterocycles. The predicted octanol–water partition coefficient (Wildman–Crippen LogP) is 4.01. The third kappa shape index (κ3) is 2.83. The number of nitrogens with one attached hydrogen (secondary N) is 1. The highest BCUT2D eigenvalue weighted by molar-refractivity contribution is 6.34. The first-order valence-electron chi connectivity index (χ1n) is 5.66. The molecule has 0 aliphatic carbocycles. The lowest BCUT2D eigenvalue weighted by Crippen LogP contribution is -2.19. The van der Waals surface area contributed by atoms with Gasteiger partial charge in [0.1, 0.15) is 0 Å². The van der Waals surface area contributed by atoms with Crippen molar-refractivity contribution in [3.8, 4) is 0 Å². The molecule has 2 nitrogen and oxygen atoms in total. The molecule has 0 spiro atoms. The zero-order chi connectivity index (χ0) is 13.1. The van der Waals surface area contributed by atoms with Crippen LogP contribution in [0.3, 0.4) is 0 Å². The molecule has 1 N–H and O–H groups in total. The summed E-state index contributed by atoms with van der Waals surface area (Å²) in [6, 6.07) is 9.95. The predicted molar refractivity (Wildman–Crippen MR) is 76.3 cm³/mol. The molecule has 1 atom stereocenters. The van der Waals surface area contributed by atoms with Crippen LogP contribution in [-0.4, -0.2) is 12.0 Å². The third-order valence-electron chi connectivity index (χ3n) is 2.77. The molecular weight excluding hydrogens is 267 g/mol. The van der Waals surface area contributed by atoms with Crippen LogP contribution in [-0.2, 0) is 0 Å². The van der Waals surface area contributed by atoms with Crippen molar-refractivity contribution < 1.29 is 0 Å². The summed E-state index contributed by atoms with van der Waals surface area (Å²) in [5.41, 5.74) is 3.13. The number of pyridine rings is 1. The van der Waals surface area contributed by atoms with Gasteiger partial charge >= 0.3 is 0 Å². The number of benzene rings is 1. The van der Waals surface area contributed by atoms with Gasteiger partial charge in [0.2, 0.25) is 0 Å².